The van der Waals surface area contributed by atoms with E-state index in [0.29, 0.717) is 13.1 Å². The fraction of sp³-hybridized carbons (Fsp3) is 0.429. The molecule has 5 heteroatoms. The van der Waals surface area contributed by atoms with Crippen LogP contribution >= 0.6 is 0 Å². The summed E-state index contributed by atoms with van der Waals surface area (Å²) in [5.41, 5.74) is 0.874. The van der Waals surface area contributed by atoms with Gasteiger partial charge in [0.2, 0.25) is 5.91 Å². The number of urea groups is 1. The molecule has 0 aromatic heterocycles. The topological polar surface area (TPSA) is 52.7 Å². The van der Waals surface area contributed by atoms with Gasteiger partial charge in [-0.15, -0.1) is 0 Å². The van der Waals surface area contributed by atoms with Gasteiger partial charge in [0, 0.05) is 24.8 Å². The van der Waals surface area contributed by atoms with Gasteiger partial charge in [-0.25, -0.2) is 4.79 Å². The predicted octanol–water partition coefficient (Wildman–Crippen LogP) is 1.45. The minimum absolute atomic E-state index is 0.0930. The van der Waals surface area contributed by atoms with Crippen LogP contribution in [0.25, 0.3) is 0 Å². The van der Waals surface area contributed by atoms with Crippen LogP contribution < -0.4 is 10.2 Å². The van der Waals surface area contributed by atoms with Gasteiger partial charge < -0.3 is 10.2 Å². The summed E-state index contributed by atoms with van der Waals surface area (Å²) in [5, 5.41) is 2.79. The van der Waals surface area contributed by atoms with Crippen molar-refractivity contribution in [1.82, 2.24) is 10.2 Å². The van der Waals surface area contributed by atoms with Gasteiger partial charge in [-0.3, -0.25) is 9.69 Å². The standard InChI is InChI=1S/C14H19N3O2/c1-11(2)15-13(18)10-16-8-9-17(14(16)19)12-6-4-3-5-7-12/h3-7,11H,8-10H2,1-2H3,(H,15,18). The van der Waals surface area contributed by atoms with E-state index in [0.717, 1.165) is 5.69 Å². The summed E-state index contributed by atoms with van der Waals surface area (Å²) in [4.78, 5) is 27.1. The monoisotopic (exact) mass is 261 g/mol. The van der Waals surface area contributed by atoms with Gasteiger partial charge in [-0.05, 0) is 26.0 Å². The van der Waals surface area contributed by atoms with Crippen LogP contribution in [0.5, 0.6) is 0 Å². The minimum Gasteiger partial charge on any atom is -0.352 e. The molecule has 1 aromatic carbocycles. The average Bonchev–Trinajstić information content (AvgIpc) is 2.71. The molecular formula is C14H19N3O2. The van der Waals surface area contributed by atoms with Crippen LogP contribution in [-0.4, -0.2) is 42.5 Å². The van der Waals surface area contributed by atoms with Gasteiger partial charge in [0.05, 0.1) is 0 Å². The normalized spacial score (nSPS) is 15.2. The van der Waals surface area contributed by atoms with Crippen LogP contribution in [0.3, 0.4) is 0 Å². The second-order valence-corrected chi connectivity index (χ2v) is 4.91. The highest BCUT2D eigenvalue weighted by Crippen LogP contribution is 2.19. The van der Waals surface area contributed by atoms with E-state index in [4.69, 9.17) is 0 Å². The highest BCUT2D eigenvalue weighted by Gasteiger charge is 2.30. The first-order chi connectivity index (χ1) is 9.08. The molecule has 1 saturated heterocycles. The average molecular weight is 261 g/mol. The zero-order chi connectivity index (χ0) is 13.8. The SMILES string of the molecule is CC(C)NC(=O)CN1CCN(c2ccccc2)C1=O. The molecule has 0 atom stereocenters. The molecule has 0 bridgehead atoms. The Balaban J connectivity index is 1.97. The lowest BCUT2D eigenvalue weighted by molar-refractivity contribution is -0.122. The number of nitrogens with one attached hydrogen (secondary N) is 1. The number of amides is 3. The molecule has 0 aliphatic carbocycles. The maximum absolute atomic E-state index is 12.2. The van der Waals surface area contributed by atoms with E-state index in [9.17, 15) is 9.59 Å². The smallest absolute Gasteiger partial charge is 0.325 e. The Morgan fingerprint density at radius 2 is 1.95 bits per heavy atom. The summed E-state index contributed by atoms with van der Waals surface area (Å²) in [6, 6.07) is 9.50. The van der Waals surface area contributed by atoms with Crippen molar-refractivity contribution in [1.29, 1.82) is 0 Å². The Kier molecular flexibility index (Phi) is 4.04. The fourth-order valence-corrected chi connectivity index (χ4v) is 2.12. The Labute approximate surface area is 113 Å². The molecule has 0 unspecified atom stereocenters. The lowest BCUT2D eigenvalue weighted by atomic mass is 10.3. The number of hydrogen-bond donors (Lipinski definition) is 1. The number of benzene rings is 1. The highest BCUT2D eigenvalue weighted by molar-refractivity contribution is 5.96. The lowest BCUT2D eigenvalue weighted by Gasteiger charge is -2.19. The van der Waals surface area contributed by atoms with Crippen molar-refractivity contribution in [3.8, 4) is 0 Å². The number of carbonyl (C=O) groups is 2. The van der Waals surface area contributed by atoms with Crippen molar-refractivity contribution in [2.75, 3.05) is 24.5 Å². The summed E-state index contributed by atoms with van der Waals surface area (Å²) in [6.45, 7) is 5.14. The van der Waals surface area contributed by atoms with Gasteiger partial charge >= 0.3 is 6.03 Å². The Morgan fingerprint density at radius 3 is 2.58 bits per heavy atom. The van der Waals surface area contributed by atoms with E-state index in [2.05, 4.69) is 5.32 Å². The van der Waals surface area contributed by atoms with Gasteiger partial charge in [-0.2, -0.15) is 0 Å². The number of nitrogens with zero attached hydrogens (tertiary/aromatic N) is 2. The van der Waals surface area contributed by atoms with E-state index in [1.807, 2.05) is 44.2 Å². The Morgan fingerprint density at radius 1 is 1.26 bits per heavy atom. The van der Waals surface area contributed by atoms with Gasteiger partial charge in [0.25, 0.3) is 0 Å². The molecule has 1 aliphatic heterocycles. The largest absolute Gasteiger partial charge is 0.352 e. The number of hydrogen-bond acceptors (Lipinski definition) is 2. The minimum atomic E-state index is -0.113. The molecule has 0 radical (unpaired) electrons. The summed E-state index contributed by atoms with van der Waals surface area (Å²) in [5.74, 6) is -0.113. The van der Waals surface area contributed by atoms with Crippen LogP contribution in [-0.2, 0) is 4.79 Å². The summed E-state index contributed by atoms with van der Waals surface area (Å²) >= 11 is 0. The van der Waals surface area contributed by atoms with E-state index in [1.165, 1.54) is 0 Å². The van der Waals surface area contributed by atoms with Gasteiger partial charge in [0.1, 0.15) is 6.54 Å². The zero-order valence-electron chi connectivity index (χ0n) is 11.3. The van der Waals surface area contributed by atoms with Crippen molar-refractivity contribution in [2.45, 2.75) is 19.9 Å². The van der Waals surface area contributed by atoms with E-state index in [-0.39, 0.29) is 24.5 Å². The lowest BCUT2D eigenvalue weighted by Crippen LogP contribution is -2.42. The number of anilines is 1. The molecule has 2 rings (SSSR count). The molecule has 1 fully saturated rings. The molecule has 0 saturated carbocycles. The maximum Gasteiger partial charge on any atom is 0.325 e. The quantitative estimate of drug-likeness (QED) is 0.892. The third-order valence-corrected chi connectivity index (χ3v) is 2.95. The number of carbonyl (C=O) groups excluding carboxylic acids is 2. The molecular weight excluding hydrogens is 242 g/mol. The van der Waals surface area contributed by atoms with Crippen molar-refractivity contribution >= 4 is 17.6 Å². The van der Waals surface area contributed by atoms with Crippen LogP contribution in [0.4, 0.5) is 10.5 Å². The molecule has 3 amide bonds. The molecule has 5 nitrogen and oxygen atoms in total. The second-order valence-electron chi connectivity index (χ2n) is 4.91. The molecule has 1 heterocycles. The van der Waals surface area contributed by atoms with Gasteiger partial charge in [0.15, 0.2) is 0 Å². The molecule has 1 N–H and O–H groups in total. The van der Waals surface area contributed by atoms with Crippen LogP contribution in [0.2, 0.25) is 0 Å². The molecule has 1 aromatic rings. The first-order valence-corrected chi connectivity index (χ1v) is 6.49. The van der Waals surface area contributed by atoms with Gasteiger partial charge in [-0.1, -0.05) is 18.2 Å². The zero-order valence-corrected chi connectivity index (χ0v) is 11.3. The Hall–Kier alpha value is -2.04. The third kappa shape index (κ3) is 3.24. The van der Waals surface area contributed by atoms with Crippen LogP contribution in [0.1, 0.15) is 13.8 Å². The van der Waals surface area contributed by atoms with Crippen molar-refractivity contribution < 1.29 is 9.59 Å². The molecule has 19 heavy (non-hydrogen) atoms. The summed E-state index contributed by atoms with van der Waals surface area (Å²) in [7, 11) is 0. The highest BCUT2D eigenvalue weighted by atomic mass is 16.2. The van der Waals surface area contributed by atoms with Crippen LogP contribution in [0, 0.1) is 0 Å². The molecule has 0 spiro atoms. The van der Waals surface area contributed by atoms with Crippen molar-refractivity contribution in [2.24, 2.45) is 0 Å². The first-order valence-electron chi connectivity index (χ1n) is 6.49. The van der Waals surface area contributed by atoms with Crippen LogP contribution in [0.15, 0.2) is 30.3 Å². The fourth-order valence-electron chi connectivity index (χ4n) is 2.12. The van der Waals surface area contributed by atoms with E-state index < -0.39 is 0 Å². The third-order valence-electron chi connectivity index (χ3n) is 2.95. The number of para-hydroxylation sites is 1. The molecule has 1 aliphatic rings. The Bertz CT molecular complexity index is 459. The maximum atomic E-state index is 12.2. The summed E-state index contributed by atoms with van der Waals surface area (Å²) < 4.78 is 0. The van der Waals surface area contributed by atoms with Crippen molar-refractivity contribution in [3.05, 3.63) is 30.3 Å². The molecule has 102 valence electrons. The summed E-state index contributed by atoms with van der Waals surface area (Å²) in [6.07, 6.45) is 0. The first kappa shape index (κ1) is 13.4. The van der Waals surface area contributed by atoms with E-state index in [1.54, 1.807) is 9.80 Å². The number of rotatable bonds is 4. The predicted molar refractivity (Wildman–Crippen MR) is 74.0 cm³/mol. The second kappa shape index (κ2) is 5.73. The van der Waals surface area contributed by atoms with E-state index >= 15 is 0 Å². The van der Waals surface area contributed by atoms with Crippen molar-refractivity contribution in [3.63, 3.8) is 0 Å².